The van der Waals surface area contributed by atoms with E-state index in [4.69, 9.17) is 17.3 Å². The highest BCUT2D eigenvalue weighted by Crippen LogP contribution is 2.22. The summed E-state index contributed by atoms with van der Waals surface area (Å²) in [5, 5.41) is 0. The summed E-state index contributed by atoms with van der Waals surface area (Å²) in [6.07, 6.45) is 3.27. The van der Waals surface area contributed by atoms with Gasteiger partial charge in [-0.3, -0.25) is 9.59 Å². The molecule has 0 aromatic carbocycles. The van der Waals surface area contributed by atoms with Crippen LogP contribution >= 0.6 is 22.9 Å². The Balaban J connectivity index is 1.88. The second kappa shape index (κ2) is 8.47. The normalized spacial score (nSPS) is 20.9. The lowest BCUT2D eigenvalue weighted by Crippen LogP contribution is -3.14. The molecule has 0 spiro atoms. The topological polar surface area (TPSA) is 67.8 Å². The molecule has 3 N–H and O–H groups in total. The van der Waals surface area contributed by atoms with Crippen LogP contribution in [0.4, 0.5) is 0 Å². The second-order valence-electron chi connectivity index (χ2n) is 5.87. The predicted molar refractivity (Wildman–Crippen MR) is 92.4 cm³/mol. The number of nitrogens with one attached hydrogen (secondary N) is 1. The maximum absolute atomic E-state index is 12.6. The molecule has 2 heterocycles. The first-order valence-corrected chi connectivity index (χ1v) is 8.94. The molecule has 126 valence electrons. The van der Waals surface area contributed by atoms with E-state index in [2.05, 4.69) is 6.58 Å². The third-order valence-electron chi connectivity index (χ3n) is 4.17. The number of piperidine rings is 1. The smallest absolute Gasteiger partial charge is 0.278 e. The Morgan fingerprint density at radius 3 is 2.65 bits per heavy atom. The van der Waals surface area contributed by atoms with Gasteiger partial charge in [0.1, 0.15) is 0 Å². The van der Waals surface area contributed by atoms with Crippen LogP contribution in [0.3, 0.4) is 0 Å². The van der Waals surface area contributed by atoms with Gasteiger partial charge >= 0.3 is 0 Å². The first-order valence-electron chi connectivity index (χ1n) is 7.75. The van der Waals surface area contributed by atoms with Crippen molar-refractivity contribution >= 4 is 34.8 Å². The average Bonchev–Trinajstić information content (AvgIpc) is 2.92. The minimum atomic E-state index is -0.224. The Morgan fingerprint density at radius 2 is 2.13 bits per heavy atom. The van der Waals surface area contributed by atoms with Crippen LogP contribution in [0.5, 0.6) is 0 Å². The molecule has 0 unspecified atom stereocenters. The van der Waals surface area contributed by atoms with Crippen LogP contribution in [0.2, 0.25) is 4.34 Å². The number of nitrogens with zero attached hydrogens (tertiary/aromatic N) is 1. The standard InChI is InChI=1S/C16H22ClN3O2S/c1-2-7-20(10-13-3-4-14(17)23-13)15(21)11-19-8-5-12(6-9-19)16(18)22/h2-4,12H,1,5-11H2,(H2,18,22)/p+1. The highest BCUT2D eigenvalue weighted by Gasteiger charge is 2.28. The Morgan fingerprint density at radius 1 is 1.43 bits per heavy atom. The van der Waals surface area contributed by atoms with Crippen molar-refractivity contribution in [2.24, 2.45) is 11.7 Å². The average molecular weight is 357 g/mol. The van der Waals surface area contributed by atoms with Gasteiger partial charge in [0, 0.05) is 30.2 Å². The molecular formula is C16H23ClN3O2S+. The number of hydrogen-bond donors (Lipinski definition) is 2. The van der Waals surface area contributed by atoms with Gasteiger partial charge in [0.2, 0.25) is 5.91 Å². The van der Waals surface area contributed by atoms with Crippen LogP contribution in [0.1, 0.15) is 17.7 Å². The first kappa shape index (κ1) is 18.0. The molecular weight excluding hydrogens is 334 g/mol. The monoisotopic (exact) mass is 356 g/mol. The highest BCUT2D eigenvalue weighted by molar-refractivity contribution is 7.16. The summed E-state index contributed by atoms with van der Waals surface area (Å²) < 4.78 is 0.727. The Kier molecular flexibility index (Phi) is 6.62. The molecule has 0 aliphatic carbocycles. The van der Waals surface area contributed by atoms with Gasteiger partial charge in [-0.1, -0.05) is 17.7 Å². The lowest BCUT2D eigenvalue weighted by atomic mass is 9.96. The fourth-order valence-corrected chi connectivity index (χ4v) is 3.95. The van der Waals surface area contributed by atoms with Gasteiger partial charge in [-0.15, -0.1) is 17.9 Å². The fraction of sp³-hybridized carbons (Fsp3) is 0.500. The third kappa shape index (κ3) is 5.34. The molecule has 1 aromatic heterocycles. The van der Waals surface area contributed by atoms with Crippen LogP contribution in [0.25, 0.3) is 0 Å². The number of carbonyl (C=O) groups excluding carboxylic acids is 2. The van der Waals surface area contributed by atoms with Gasteiger partial charge in [0.05, 0.1) is 24.0 Å². The summed E-state index contributed by atoms with van der Waals surface area (Å²) in [7, 11) is 0. The molecule has 1 saturated heterocycles. The second-order valence-corrected chi connectivity index (χ2v) is 7.67. The maximum atomic E-state index is 12.6. The van der Waals surface area contributed by atoms with Crippen LogP contribution in [-0.2, 0) is 16.1 Å². The molecule has 5 nitrogen and oxygen atoms in total. The van der Waals surface area contributed by atoms with E-state index in [9.17, 15) is 9.59 Å². The predicted octanol–water partition coefficient (Wildman–Crippen LogP) is 0.696. The van der Waals surface area contributed by atoms with E-state index < -0.39 is 0 Å². The van der Waals surface area contributed by atoms with E-state index >= 15 is 0 Å². The van der Waals surface area contributed by atoms with E-state index in [1.165, 1.54) is 16.2 Å². The molecule has 7 heteroatoms. The summed E-state index contributed by atoms with van der Waals surface area (Å²) in [5.74, 6) is -0.161. The van der Waals surface area contributed by atoms with Crippen molar-refractivity contribution in [3.05, 3.63) is 34.0 Å². The number of nitrogens with two attached hydrogens (primary N) is 1. The van der Waals surface area contributed by atoms with Gasteiger partial charge in [0.15, 0.2) is 6.54 Å². The number of carbonyl (C=O) groups is 2. The molecule has 0 saturated carbocycles. The quantitative estimate of drug-likeness (QED) is 0.706. The lowest BCUT2D eigenvalue weighted by molar-refractivity contribution is -0.898. The zero-order chi connectivity index (χ0) is 16.8. The molecule has 2 rings (SSSR count). The van der Waals surface area contributed by atoms with Crippen LogP contribution in [0, 0.1) is 5.92 Å². The molecule has 0 bridgehead atoms. The fourth-order valence-electron chi connectivity index (χ4n) is 2.85. The van der Waals surface area contributed by atoms with Crippen molar-refractivity contribution in [2.45, 2.75) is 19.4 Å². The van der Waals surface area contributed by atoms with Crippen molar-refractivity contribution in [3.63, 3.8) is 0 Å². The van der Waals surface area contributed by atoms with Gasteiger partial charge in [0.25, 0.3) is 5.91 Å². The molecule has 0 radical (unpaired) electrons. The van der Waals surface area contributed by atoms with Gasteiger partial charge in [-0.05, 0) is 12.1 Å². The van der Waals surface area contributed by atoms with Gasteiger partial charge < -0.3 is 15.5 Å². The largest absolute Gasteiger partial charge is 0.369 e. The molecule has 0 atom stereocenters. The van der Waals surface area contributed by atoms with Crippen LogP contribution < -0.4 is 10.6 Å². The van der Waals surface area contributed by atoms with E-state index in [1.54, 1.807) is 11.0 Å². The number of amides is 2. The van der Waals surface area contributed by atoms with E-state index in [-0.39, 0.29) is 17.7 Å². The Bertz CT molecular complexity index is 567. The molecule has 2 amide bonds. The zero-order valence-corrected chi connectivity index (χ0v) is 14.7. The highest BCUT2D eigenvalue weighted by atomic mass is 35.5. The molecule has 1 fully saturated rings. The summed E-state index contributed by atoms with van der Waals surface area (Å²) in [4.78, 5) is 27.8. The summed E-state index contributed by atoms with van der Waals surface area (Å²) in [6, 6.07) is 3.79. The molecule has 1 aromatic rings. The van der Waals surface area contributed by atoms with E-state index in [0.717, 1.165) is 35.1 Å². The first-order chi connectivity index (χ1) is 11.0. The minimum absolute atomic E-state index is 0.0357. The lowest BCUT2D eigenvalue weighted by Gasteiger charge is -2.29. The molecule has 1 aliphatic heterocycles. The Hall–Kier alpha value is -1.37. The summed E-state index contributed by atoms with van der Waals surface area (Å²) >= 11 is 7.44. The number of quaternary nitrogens is 1. The maximum Gasteiger partial charge on any atom is 0.278 e. The van der Waals surface area contributed by atoms with Crippen molar-refractivity contribution in [2.75, 3.05) is 26.2 Å². The number of hydrogen-bond acceptors (Lipinski definition) is 3. The van der Waals surface area contributed by atoms with Gasteiger partial charge in [-0.25, -0.2) is 0 Å². The summed E-state index contributed by atoms with van der Waals surface area (Å²) in [6.45, 7) is 6.87. The third-order valence-corrected chi connectivity index (χ3v) is 5.39. The van der Waals surface area contributed by atoms with E-state index in [0.29, 0.717) is 19.6 Å². The SMILES string of the molecule is C=CCN(Cc1ccc(Cl)s1)C(=O)C[NH+]1CCC(C(N)=O)CC1. The van der Waals surface area contributed by atoms with Crippen LogP contribution in [-0.4, -0.2) is 42.9 Å². The Labute approximate surface area is 145 Å². The van der Waals surface area contributed by atoms with Crippen molar-refractivity contribution in [3.8, 4) is 0 Å². The van der Waals surface area contributed by atoms with Crippen molar-refractivity contribution in [1.29, 1.82) is 0 Å². The number of halogens is 1. The number of thiophene rings is 1. The minimum Gasteiger partial charge on any atom is -0.369 e. The van der Waals surface area contributed by atoms with E-state index in [1.807, 2.05) is 12.1 Å². The van der Waals surface area contributed by atoms with Crippen molar-refractivity contribution in [1.82, 2.24) is 4.90 Å². The molecule has 23 heavy (non-hydrogen) atoms. The van der Waals surface area contributed by atoms with Crippen LogP contribution in [0.15, 0.2) is 24.8 Å². The summed E-state index contributed by atoms with van der Waals surface area (Å²) in [5.41, 5.74) is 5.35. The zero-order valence-electron chi connectivity index (χ0n) is 13.1. The number of rotatable bonds is 7. The molecule has 1 aliphatic rings. The van der Waals surface area contributed by atoms with Crippen molar-refractivity contribution < 1.29 is 14.5 Å². The number of likely N-dealkylation sites (tertiary alicyclic amines) is 1. The number of primary amides is 1. The van der Waals surface area contributed by atoms with Gasteiger partial charge in [-0.2, -0.15) is 0 Å².